The molecule has 0 aliphatic carbocycles. The molecule has 0 saturated heterocycles. The first-order valence-corrected chi connectivity index (χ1v) is 10.0. The lowest BCUT2D eigenvalue weighted by Crippen LogP contribution is -1.99. The van der Waals surface area contributed by atoms with Gasteiger partial charge < -0.3 is 15.2 Å². The van der Waals surface area contributed by atoms with Crippen LogP contribution >= 0.6 is 11.3 Å². The van der Waals surface area contributed by atoms with Gasteiger partial charge in [0.25, 0.3) is 0 Å². The average molecular weight is 427 g/mol. The molecule has 1 aliphatic heterocycles. The van der Waals surface area contributed by atoms with E-state index in [1.165, 1.54) is 23.5 Å². The Morgan fingerprint density at radius 2 is 1.73 bits per heavy atom. The molecule has 0 bridgehead atoms. The zero-order valence-corrected chi connectivity index (χ0v) is 16.8. The van der Waals surface area contributed by atoms with Crippen molar-refractivity contribution < 1.29 is 13.9 Å². The van der Waals surface area contributed by atoms with Crippen molar-refractivity contribution in [2.24, 2.45) is 0 Å². The maximum absolute atomic E-state index is 13.2. The highest BCUT2D eigenvalue weighted by Gasteiger charge is 2.19. The Labute approximate surface area is 178 Å². The van der Waals surface area contributed by atoms with Gasteiger partial charge in [0.05, 0.1) is 0 Å². The van der Waals surface area contributed by atoms with Crippen molar-refractivity contribution in [2.45, 2.75) is 27.7 Å². The van der Waals surface area contributed by atoms with Gasteiger partial charge in [0, 0.05) is 12.0 Å². The Balaban J connectivity index is 0.000000830. The molecular formula is C22H23FN4O2S. The highest BCUT2D eigenvalue weighted by molar-refractivity contribution is 7.21. The number of anilines is 1. The van der Waals surface area contributed by atoms with Crippen LogP contribution in [-0.2, 0) is 6.42 Å². The number of hydrogen-bond donors (Lipinski definition) is 1. The van der Waals surface area contributed by atoms with Crippen molar-refractivity contribution in [3.8, 4) is 22.8 Å². The Morgan fingerprint density at radius 1 is 1.00 bits per heavy atom. The highest BCUT2D eigenvalue weighted by Crippen LogP contribution is 2.38. The van der Waals surface area contributed by atoms with Gasteiger partial charge in [0.15, 0.2) is 16.6 Å². The van der Waals surface area contributed by atoms with Gasteiger partial charge in [0.1, 0.15) is 27.7 Å². The topological polar surface area (TPSA) is 83.2 Å². The fourth-order valence-electron chi connectivity index (χ4n) is 2.99. The fraction of sp³-hybridized carbons (Fsp3) is 0.227. The van der Waals surface area contributed by atoms with Crippen molar-refractivity contribution in [3.05, 3.63) is 59.7 Å². The van der Waals surface area contributed by atoms with Crippen LogP contribution in [-0.4, -0.2) is 21.7 Å². The first-order chi connectivity index (χ1) is 14.2. The molecule has 0 radical (unpaired) electrons. The van der Waals surface area contributed by atoms with Crippen LogP contribution in [0.2, 0.25) is 0 Å². The molecule has 8 heteroatoms. The summed E-state index contributed by atoms with van der Waals surface area (Å²) in [7, 11) is 0. The van der Waals surface area contributed by atoms with Crippen molar-refractivity contribution in [2.75, 3.05) is 12.5 Å². The summed E-state index contributed by atoms with van der Waals surface area (Å²) in [5.74, 6) is 1.72. The molecular weight excluding hydrogens is 403 g/mol. The lowest BCUT2D eigenvalue weighted by atomic mass is 10.1. The summed E-state index contributed by atoms with van der Waals surface area (Å²) in [6.45, 7) is 4.21. The smallest absolute Gasteiger partial charge is 0.231 e. The van der Waals surface area contributed by atoms with E-state index >= 15 is 0 Å². The van der Waals surface area contributed by atoms with Gasteiger partial charge in [-0.05, 0) is 35.9 Å². The molecule has 4 aromatic rings. The normalized spacial score (nSPS) is 11.6. The zero-order valence-electron chi connectivity index (χ0n) is 16.0. The predicted molar refractivity (Wildman–Crippen MR) is 118 cm³/mol. The van der Waals surface area contributed by atoms with Crippen LogP contribution in [0, 0.1) is 5.82 Å². The van der Waals surface area contributed by atoms with Crippen molar-refractivity contribution in [3.63, 3.8) is 0 Å². The lowest BCUT2D eigenvalue weighted by molar-refractivity contribution is 0.174. The molecule has 0 fully saturated rings. The van der Waals surface area contributed by atoms with Gasteiger partial charge in [-0.1, -0.05) is 44.7 Å². The van der Waals surface area contributed by atoms with Crippen LogP contribution in [0.1, 0.15) is 32.7 Å². The maximum atomic E-state index is 13.2. The summed E-state index contributed by atoms with van der Waals surface area (Å²) < 4.78 is 24.0. The van der Waals surface area contributed by atoms with E-state index in [1.54, 1.807) is 12.1 Å². The summed E-state index contributed by atoms with van der Waals surface area (Å²) in [5.41, 5.74) is 9.00. The van der Waals surface area contributed by atoms with E-state index in [2.05, 4.69) is 9.97 Å². The Morgan fingerprint density at radius 3 is 2.50 bits per heavy atom. The van der Waals surface area contributed by atoms with E-state index in [0.717, 1.165) is 11.1 Å². The highest BCUT2D eigenvalue weighted by atomic mass is 32.1. The number of fused-ring (bicyclic) bond motifs is 2. The lowest BCUT2D eigenvalue weighted by Gasteiger charge is -2.07. The molecule has 6 nitrogen and oxygen atoms in total. The third-order valence-corrected chi connectivity index (χ3v) is 5.02. The largest absolute Gasteiger partial charge is 0.454 e. The maximum Gasteiger partial charge on any atom is 0.231 e. The second-order valence-corrected chi connectivity index (χ2v) is 7.07. The van der Waals surface area contributed by atoms with Gasteiger partial charge in [-0.15, -0.1) is 0 Å². The second kappa shape index (κ2) is 9.04. The number of benzene rings is 2. The molecule has 0 atom stereocenters. The van der Waals surface area contributed by atoms with Gasteiger partial charge >= 0.3 is 0 Å². The number of nitrogens with zero attached hydrogens (tertiary/aromatic N) is 3. The standard InChI is InChI=1S/C19H13FN4O2S.C2H6.CH4/c20-12-4-1-10(2-5-12)7-15-22-16(17-18(23-15)27-19(21)24-17)11-3-6-13-14(8-11)26-9-25-13;1-2;/h1-6,8H,7,9H2,(H2,21,24);1-2H3;1H4. The average Bonchev–Trinajstić information content (AvgIpc) is 3.35. The van der Waals surface area contributed by atoms with E-state index in [4.69, 9.17) is 20.2 Å². The summed E-state index contributed by atoms with van der Waals surface area (Å²) >= 11 is 1.31. The van der Waals surface area contributed by atoms with Crippen LogP contribution in [0.5, 0.6) is 11.5 Å². The third kappa shape index (κ3) is 4.18. The predicted octanol–water partition coefficient (Wildman–Crippen LogP) is 5.46. The van der Waals surface area contributed by atoms with E-state index in [-0.39, 0.29) is 20.0 Å². The Hall–Kier alpha value is -3.26. The molecule has 2 aromatic heterocycles. The molecule has 2 N–H and O–H groups in total. The quantitative estimate of drug-likeness (QED) is 0.469. The van der Waals surface area contributed by atoms with Crippen molar-refractivity contribution >= 4 is 26.8 Å². The number of rotatable bonds is 3. The summed E-state index contributed by atoms with van der Waals surface area (Å²) in [6.07, 6.45) is 0.478. The zero-order chi connectivity index (χ0) is 20.4. The van der Waals surface area contributed by atoms with E-state index < -0.39 is 0 Å². The van der Waals surface area contributed by atoms with E-state index in [0.29, 0.717) is 44.9 Å². The van der Waals surface area contributed by atoms with Gasteiger partial charge in [-0.3, -0.25) is 0 Å². The molecule has 156 valence electrons. The molecule has 1 aliphatic rings. The van der Waals surface area contributed by atoms with Gasteiger partial charge in [-0.2, -0.15) is 0 Å². The molecule has 0 spiro atoms. The Bertz CT molecular complexity index is 1160. The van der Waals surface area contributed by atoms with Crippen LogP contribution in [0.25, 0.3) is 21.6 Å². The molecule has 30 heavy (non-hydrogen) atoms. The van der Waals surface area contributed by atoms with Crippen LogP contribution in [0.4, 0.5) is 9.52 Å². The number of nitrogen functional groups attached to an aromatic ring is 1. The number of hydrogen-bond acceptors (Lipinski definition) is 7. The monoisotopic (exact) mass is 426 g/mol. The Kier molecular flexibility index (Phi) is 6.47. The van der Waals surface area contributed by atoms with E-state index in [9.17, 15) is 4.39 Å². The number of aromatic nitrogens is 3. The first-order valence-electron chi connectivity index (χ1n) is 9.23. The summed E-state index contributed by atoms with van der Waals surface area (Å²) in [5, 5.41) is 0.431. The van der Waals surface area contributed by atoms with Crippen molar-refractivity contribution in [1.82, 2.24) is 15.0 Å². The van der Waals surface area contributed by atoms with Gasteiger partial charge in [-0.25, -0.2) is 19.3 Å². The van der Waals surface area contributed by atoms with Crippen LogP contribution in [0.3, 0.4) is 0 Å². The minimum absolute atomic E-state index is 0. The number of thiazole rings is 1. The fourth-order valence-corrected chi connectivity index (χ4v) is 3.72. The second-order valence-electron chi connectivity index (χ2n) is 6.07. The number of halogens is 1. The molecule has 0 amide bonds. The number of ether oxygens (including phenoxy) is 2. The van der Waals surface area contributed by atoms with E-state index in [1.807, 2.05) is 32.0 Å². The molecule has 3 heterocycles. The van der Waals surface area contributed by atoms with Crippen molar-refractivity contribution in [1.29, 1.82) is 0 Å². The summed E-state index contributed by atoms with van der Waals surface area (Å²) in [4.78, 5) is 14.4. The molecule has 0 unspecified atom stereocenters. The SMILES string of the molecule is C.CC.Nc1nc2c(-c3ccc4c(c3)OCO4)nc(Cc3ccc(F)cc3)nc2s1. The number of nitrogens with two attached hydrogens (primary N) is 1. The molecule has 2 aromatic carbocycles. The van der Waals surface area contributed by atoms with Gasteiger partial charge in [0.2, 0.25) is 6.79 Å². The minimum atomic E-state index is -0.272. The van der Waals surface area contributed by atoms with Crippen LogP contribution in [0.15, 0.2) is 42.5 Å². The molecule has 0 saturated carbocycles. The summed E-state index contributed by atoms with van der Waals surface area (Å²) in [6, 6.07) is 11.9. The molecule has 5 rings (SSSR count). The minimum Gasteiger partial charge on any atom is -0.454 e. The first kappa shape index (κ1) is 21.4. The third-order valence-electron chi connectivity index (χ3n) is 4.24. The van der Waals surface area contributed by atoms with Crippen LogP contribution < -0.4 is 15.2 Å².